The Bertz CT molecular complexity index is 1160. The van der Waals surface area contributed by atoms with Crippen LogP contribution < -0.4 is 0 Å². The normalized spacial score (nSPS) is 18.6. The van der Waals surface area contributed by atoms with E-state index in [1.54, 1.807) is 23.1 Å². The lowest BCUT2D eigenvalue weighted by Gasteiger charge is -2.38. The van der Waals surface area contributed by atoms with Gasteiger partial charge in [0.25, 0.3) is 0 Å². The maximum absolute atomic E-state index is 13.5. The van der Waals surface area contributed by atoms with Crippen LogP contribution in [0.3, 0.4) is 0 Å². The number of phenolic OH excluding ortho intramolecular Hbond substituents is 1. The van der Waals surface area contributed by atoms with Gasteiger partial charge in [-0.3, -0.25) is 0 Å². The summed E-state index contributed by atoms with van der Waals surface area (Å²) in [6.45, 7) is 8.45. The molecule has 3 aromatic carbocycles. The van der Waals surface area contributed by atoms with Crippen LogP contribution in [0.2, 0.25) is 25.7 Å². The van der Waals surface area contributed by atoms with Gasteiger partial charge in [0.15, 0.2) is 0 Å². The van der Waals surface area contributed by atoms with Crippen molar-refractivity contribution in [1.29, 1.82) is 0 Å². The van der Waals surface area contributed by atoms with Gasteiger partial charge in [-0.15, -0.1) is 0 Å². The molecule has 0 radical (unpaired) electrons. The lowest BCUT2D eigenvalue weighted by molar-refractivity contribution is -0.0234. The summed E-state index contributed by atoms with van der Waals surface area (Å²) in [4.78, 5) is 14.5. The van der Waals surface area contributed by atoms with E-state index in [1.807, 2.05) is 30.3 Å². The van der Waals surface area contributed by atoms with Gasteiger partial charge >= 0.3 is 6.09 Å². The Morgan fingerprint density at radius 3 is 2.60 bits per heavy atom. The lowest BCUT2D eigenvalue weighted by atomic mass is 9.87. The molecule has 35 heavy (non-hydrogen) atoms. The molecule has 1 aliphatic rings. The van der Waals surface area contributed by atoms with Gasteiger partial charge in [-0.2, -0.15) is 0 Å². The van der Waals surface area contributed by atoms with Crippen LogP contribution in [0.5, 0.6) is 5.75 Å². The Labute approximate surface area is 207 Å². The number of piperidine rings is 1. The number of rotatable bonds is 7. The molecule has 1 aliphatic heterocycles. The minimum absolute atomic E-state index is 0.0238. The SMILES string of the molecule is C[Si](C)(C)CCOC(=O)N1CCC(c2ccc(F)cc2)C(OCc2cc(O)c3ccccc3c2)C1. The number of ether oxygens (including phenoxy) is 2. The summed E-state index contributed by atoms with van der Waals surface area (Å²) >= 11 is 0. The Hall–Kier alpha value is -2.90. The zero-order valence-electron chi connectivity index (χ0n) is 20.7. The lowest BCUT2D eigenvalue weighted by Crippen LogP contribution is -2.47. The molecule has 1 N–H and O–H groups in total. The molecule has 2 unspecified atom stereocenters. The average molecular weight is 496 g/mol. The van der Waals surface area contributed by atoms with Crippen molar-refractivity contribution in [3.63, 3.8) is 0 Å². The Morgan fingerprint density at radius 2 is 1.86 bits per heavy atom. The van der Waals surface area contributed by atoms with Gasteiger partial charge < -0.3 is 19.5 Å². The Morgan fingerprint density at radius 1 is 1.11 bits per heavy atom. The number of amides is 1. The summed E-state index contributed by atoms with van der Waals surface area (Å²) in [5.74, 6) is -0.0370. The maximum atomic E-state index is 13.5. The first-order chi connectivity index (χ1) is 16.7. The molecular weight excluding hydrogens is 461 g/mol. The van der Waals surface area contributed by atoms with Crippen molar-refractivity contribution in [2.45, 2.75) is 50.7 Å². The number of likely N-dealkylation sites (tertiary alicyclic amines) is 1. The minimum atomic E-state index is -1.29. The van der Waals surface area contributed by atoms with Crippen molar-refractivity contribution in [3.05, 3.63) is 77.6 Å². The molecule has 186 valence electrons. The molecule has 0 saturated carbocycles. The molecule has 1 fully saturated rings. The van der Waals surface area contributed by atoms with Crippen LogP contribution in [-0.2, 0) is 16.1 Å². The van der Waals surface area contributed by atoms with Crippen molar-refractivity contribution < 1.29 is 23.8 Å². The van der Waals surface area contributed by atoms with E-state index in [2.05, 4.69) is 19.6 Å². The number of halogens is 1. The molecule has 1 saturated heterocycles. The molecule has 0 spiro atoms. The maximum Gasteiger partial charge on any atom is 0.409 e. The number of hydrogen-bond acceptors (Lipinski definition) is 4. The number of hydrogen-bond donors (Lipinski definition) is 1. The second kappa shape index (κ2) is 10.8. The first-order valence-corrected chi connectivity index (χ1v) is 15.9. The first-order valence-electron chi connectivity index (χ1n) is 12.2. The highest BCUT2D eigenvalue weighted by Gasteiger charge is 2.34. The summed E-state index contributed by atoms with van der Waals surface area (Å²) in [5.41, 5.74) is 1.85. The van der Waals surface area contributed by atoms with Gasteiger partial charge in [0.2, 0.25) is 0 Å². The third-order valence-corrected chi connectivity index (χ3v) is 8.26. The van der Waals surface area contributed by atoms with Gasteiger partial charge in [-0.05, 0) is 53.2 Å². The van der Waals surface area contributed by atoms with Crippen LogP contribution in [0.25, 0.3) is 10.8 Å². The fraction of sp³-hybridized carbons (Fsp3) is 0.393. The Kier molecular flexibility index (Phi) is 7.77. The second-order valence-corrected chi connectivity index (χ2v) is 16.1. The summed E-state index contributed by atoms with van der Waals surface area (Å²) in [6.07, 6.45) is 0.104. The van der Waals surface area contributed by atoms with E-state index < -0.39 is 8.07 Å². The van der Waals surface area contributed by atoms with Crippen LogP contribution in [-0.4, -0.2) is 50.0 Å². The molecular formula is C28H34FNO4Si. The van der Waals surface area contributed by atoms with E-state index in [-0.39, 0.29) is 29.7 Å². The Balaban J connectivity index is 1.48. The van der Waals surface area contributed by atoms with Gasteiger partial charge in [-0.1, -0.05) is 56.0 Å². The summed E-state index contributed by atoms with van der Waals surface area (Å²) in [5, 5.41) is 12.2. The number of carbonyl (C=O) groups is 1. The monoisotopic (exact) mass is 495 g/mol. The van der Waals surface area contributed by atoms with Crippen LogP contribution in [0.1, 0.15) is 23.5 Å². The largest absolute Gasteiger partial charge is 0.507 e. The van der Waals surface area contributed by atoms with E-state index in [0.717, 1.165) is 27.9 Å². The van der Waals surface area contributed by atoms with Crippen molar-refractivity contribution in [1.82, 2.24) is 4.90 Å². The smallest absolute Gasteiger partial charge is 0.409 e. The van der Waals surface area contributed by atoms with Crippen LogP contribution in [0, 0.1) is 5.82 Å². The number of carbonyl (C=O) groups excluding carboxylic acids is 1. The van der Waals surface area contributed by atoms with Gasteiger partial charge in [-0.25, -0.2) is 9.18 Å². The molecule has 2 atom stereocenters. The third kappa shape index (κ3) is 6.61. The first kappa shape index (κ1) is 25.2. The number of benzene rings is 3. The molecule has 0 bridgehead atoms. The van der Waals surface area contributed by atoms with Gasteiger partial charge in [0.1, 0.15) is 11.6 Å². The van der Waals surface area contributed by atoms with E-state index >= 15 is 0 Å². The average Bonchev–Trinajstić information content (AvgIpc) is 2.82. The molecule has 0 aliphatic carbocycles. The second-order valence-electron chi connectivity index (χ2n) is 10.5. The van der Waals surface area contributed by atoms with E-state index in [0.29, 0.717) is 32.7 Å². The third-order valence-electron chi connectivity index (χ3n) is 6.56. The van der Waals surface area contributed by atoms with Crippen LogP contribution >= 0.6 is 0 Å². The fourth-order valence-electron chi connectivity index (χ4n) is 4.52. The summed E-state index contributed by atoms with van der Waals surface area (Å²) in [6, 6.07) is 18.8. The molecule has 5 nitrogen and oxygen atoms in total. The highest BCUT2D eigenvalue weighted by Crippen LogP contribution is 2.33. The molecule has 4 rings (SSSR count). The zero-order valence-corrected chi connectivity index (χ0v) is 21.7. The van der Waals surface area contributed by atoms with Crippen molar-refractivity contribution >= 4 is 24.9 Å². The van der Waals surface area contributed by atoms with Crippen molar-refractivity contribution in [2.24, 2.45) is 0 Å². The summed E-state index contributed by atoms with van der Waals surface area (Å²) in [7, 11) is -1.29. The molecule has 7 heteroatoms. The predicted molar refractivity (Wildman–Crippen MR) is 139 cm³/mol. The van der Waals surface area contributed by atoms with E-state index in [9.17, 15) is 14.3 Å². The number of phenols is 1. The molecule has 1 heterocycles. The fourth-order valence-corrected chi connectivity index (χ4v) is 5.23. The minimum Gasteiger partial charge on any atom is -0.507 e. The highest BCUT2D eigenvalue weighted by atomic mass is 28.3. The summed E-state index contributed by atoms with van der Waals surface area (Å²) < 4.78 is 25.5. The standard InChI is InChI=1S/C28H34FNO4Si/c1-35(2,3)15-14-33-28(32)30-13-12-25(21-8-10-23(29)11-9-21)27(18-30)34-19-20-16-22-6-4-5-7-24(22)26(31)17-20/h4-11,16-17,25,27,31H,12-15,18-19H2,1-3H3. The van der Waals surface area contributed by atoms with Gasteiger partial charge in [0, 0.05) is 25.9 Å². The van der Waals surface area contributed by atoms with E-state index in [4.69, 9.17) is 9.47 Å². The van der Waals surface area contributed by atoms with Crippen molar-refractivity contribution in [2.75, 3.05) is 19.7 Å². The highest BCUT2D eigenvalue weighted by molar-refractivity contribution is 6.76. The van der Waals surface area contributed by atoms with Crippen molar-refractivity contribution in [3.8, 4) is 5.75 Å². The van der Waals surface area contributed by atoms with Crippen LogP contribution in [0.4, 0.5) is 9.18 Å². The van der Waals surface area contributed by atoms with E-state index in [1.165, 1.54) is 12.1 Å². The van der Waals surface area contributed by atoms with Crippen LogP contribution in [0.15, 0.2) is 60.7 Å². The van der Waals surface area contributed by atoms with Gasteiger partial charge in [0.05, 0.1) is 25.9 Å². The number of fused-ring (bicyclic) bond motifs is 1. The molecule has 1 amide bonds. The topological polar surface area (TPSA) is 59.0 Å². The predicted octanol–water partition coefficient (Wildman–Crippen LogP) is 6.53. The quantitative estimate of drug-likeness (QED) is 0.379. The number of nitrogens with zero attached hydrogens (tertiary/aromatic N) is 1. The zero-order chi connectivity index (χ0) is 25.0. The molecule has 0 aromatic heterocycles. The number of aromatic hydroxyl groups is 1. The molecule has 3 aromatic rings.